The largest absolute Gasteiger partial charge is 0.486 e. The third kappa shape index (κ3) is 2.48. The van der Waals surface area contributed by atoms with E-state index in [0.717, 1.165) is 16.5 Å². The number of nitrogens with one attached hydrogen (secondary N) is 1. The van der Waals surface area contributed by atoms with Crippen molar-refractivity contribution >= 4 is 22.6 Å². The fourth-order valence-corrected chi connectivity index (χ4v) is 2.61. The second-order valence-electron chi connectivity index (χ2n) is 5.41. The van der Waals surface area contributed by atoms with Crippen LogP contribution >= 0.6 is 0 Å². The van der Waals surface area contributed by atoms with E-state index in [-0.39, 0.29) is 6.03 Å². The smallest absolute Gasteiger partial charge is 0.347 e. The minimum Gasteiger partial charge on any atom is -0.486 e. The van der Waals surface area contributed by atoms with Crippen molar-refractivity contribution in [2.75, 3.05) is 18.5 Å². The molecule has 4 rings (SSSR count). The SMILES string of the molecule is Cc1ccc2c(cnn2C(=O)Nc2ccc3c(c2)OCCO3)c1. The van der Waals surface area contributed by atoms with Gasteiger partial charge < -0.3 is 14.8 Å². The van der Waals surface area contributed by atoms with Crippen molar-refractivity contribution in [1.29, 1.82) is 0 Å². The normalized spacial score (nSPS) is 13.1. The lowest BCUT2D eigenvalue weighted by Gasteiger charge is -2.19. The number of aromatic nitrogens is 2. The molecule has 6 heteroatoms. The monoisotopic (exact) mass is 309 g/mol. The number of anilines is 1. The molecule has 0 radical (unpaired) electrons. The number of aryl methyl sites for hydroxylation is 1. The van der Waals surface area contributed by atoms with Crippen LogP contribution in [-0.4, -0.2) is 29.0 Å². The van der Waals surface area contributed by atoms with Crippen LogP contribution in [0.25, 0.3) is 10.9 Å². The highest BCUT2D eigenvalue weighted by Gasteiger charge is 2.15. The van der Waals surface area contributed by atoms with Crippen molar-refractivity contribution in [1.82, 2.24) is 9.78 Å². The number of carbonyl (C=O) groups is 1. The molecule has 0 aliphatic carbocycles. The molecular weight excluding hydrogens is 294 g/mol. The molecule has 6 nitrogen and oxygen atoms in total. The van der Waals surface area contributed by atoms with E-state index in [1.54, 1.807) is 24.4 Å². The first-order chi connectivity index (χ1) is 11.2. The van der Waals surface area contributed by atoms with Crippen LogP contribution in [0.15, 0.2) is 42.6 Å². The van der Waals surface area contributed by atoms with Crippen LogP contribution in [-0.2, 0) is 0 Å². The van der Waals surface area contributed by atoms with Gasteiger partial charge in [-0.2, -0.15) is 9.78 Å². The molecule has 116 valence electrons. The first-order valence-electron chi connectivity index (χ1n) is 7.36. The summed E-state index contributed by atoms with van der Waals surface area (Å²) in [6, 6.07) is 10.8. The van der Waals surface area contributed by atoms with Crippen LogP contribution < -0.4 is 14.8 Å². The molecule has 23 heavy (non-hydrogen) atoms. The Hall–Kier alpha value is -3.02. The summed E-state index contributed by atoms with van der Waals surface area (Å²) in [4.78, 5) is 12.5. The molecule has 0 atom stereocenters. The topological polar surface area (TPSA) is 65.4 Å². The van der Waals surface area contributed by atoms with Crippen molar-refractivity contribution in [2.45, 2.75) is 6.92 Å². The van der Waals surface area contributed by atoms with Gasteiger partial charge in [0.25, 0.3) is 0 Å². The highest BCUT2D eigenvalue weighted by Crippen LogP contribution is 2.32. The van der Waals surface area contributed by atoms with Crippen LogP contribution in [0.2, 0.25) is 0 Å². The average molecular weight is 309 g/mol. The lowest BCUT2D eigenvalue weighted by molar-refractivity contribution is 0.171. The summed E-state index contributed by atoms with van der Waals surface area (Å²) < 4.78 is 12.3. The Morgan fingerprint density at radius 3 is 2.83 bits per heavy atom. The third-order valence-electron chi connectivity index (χ3n) is 3.71. The Morgan fingerprint density at radius 2 is 1.96 bits per heavy atom. The van der Waals surface area contributed by atoms with Gasteiger partial charge in [-0.25, -0.2) is 4.79 Å². The molecule has 0 fully saturated rings. The summed E-state index contributed by atoms with van der Waals surface area (Å²) >= 11 is 0. The molecule has 0 spiro atoms. The summed E-state index contributed by atoms with van der Waals surface area (Å²) in [7, 11) is 0. The number of fused-ring (bicyclic) bond motifs is 2. The van der Waals surface area contributed by atoms with Crippen LogP contribution in [0.3, 0.4) is 0 Å². The minimum absolute atomic E-state index is 0.319. The number of nitrogens with zero attached hydrogens (tertiary/aromatic N) is 2. The molecule has 1 aliphatic rings. The predicted molar refractivity (Wildman–Crippen MR) is 86.3 cm³/mol. The zero-order chi connectivity index (χ0) is 15.8. The number of carbonyl (C=O) groups excluding carboxylic acids is 1. The number of rotatable bonds is 1. The second-order valence-corrected chi connectivity index (χ2v) is 5.41. The summed E-state index contributed by atoms with van der Waals surface area (Å²) in [6.45, 7) is 3.05. The molecule has 0 saturated carbocycles. The maximum absolute atomic E-state index is 12.5. The highest BCUT2D eigenvalue weighted by atomic mass is 16.6. The lowest BCUT2D eigenvalue weighted by atomic mass is 10.2. The molecule has 0 unspecified atom stereocenters. The highest BCUT2D eigenvalue weighted by molar-refractivity contribution is 5.97. The van der Waals surface area contributed by atoms with Crippen LogP contribution in [0, 0.1) is 6.92 Å². The van der Waals surface area contributed by atoms with Gasteiger partial charge >= 0.3 is 6.03 Å². The van der Waals surface area contributed by atoms with Crippen LogP contribution in [0.5, 0.6) is 11.5 Å². The zero-order valence-corrected chi connectivity index (χ0v) is 12.6. The standard InChI is InChI=1S/C17H15N3O3/c1-11-2-4-14-12(8-11)10-18-20(14)17(21)19-13-3-5-15-16(9-13)23-7-6-22-15/h2-5,8-10H,6-7H2,1H3,(H,19,21). The van der Waals surface area contributed by atoms with E-state index in [0.29, 0.717) is 30.4 Å². The number of amides is 1. The van der Waals surface area contributed by atoms with Gasteiger partial charge in [0.05, 0.1) is 11.7 Å². The van der Waals surface area contributed by atoms with Crippen LogP contribution in [0.1, 0.15) is 5.56 Å². The summed E-state index contributed by atoms with van der Waals surface area (Å²) in [5.74, 6) is 1.32. The summed E-state index contributed by atoms with van der Waals surface area (Å²) in [6.07, 6.45) is 1.69. The fraction of sp³-hybridized carbons (Fsp3) is 0.176. The quantitative estimate of drug-likeness (QED) is 0.749. The maximum atomic E-state index is 12.5. The molecule has 2 aromatic carbocycles. The van der Waals surface area contributed by atoms with Gasteiger partial charge in [0.2, 0.25) is 0 Å². The van der Waals surface area contributed by atoms with Crippen molar-refractivity contribution < 1.29 is 14.3 Å². The predicted octanol–water partition coefficient (Wildman–Crippen LogP) is 3.20. The van der Waals surface area contributed by atoms with Gasteiger partial charge in [-0.05, 0) is 31.2 Å². The summed E-state index contributed by atoms with van der Waals surface area (Å²) in [5, 5.41) is 7.93. The molecule has 1 aliphatic heterocycles. The van der Waals surface area contributed by atoms with Gasteiger partial charge in [-0.3, -0.25) is 0 Å². The molecule has 2 heterocycles. The van der Waals surface area contributed by atoms with Crippen molar-refractivity contribution in [3.05, 3.63) is 48.2 Å². The average Bonchev–Trinajstić information content (AvgIpc) is 2.97. The Morgan fingerprint density at radius 1 is 1.13 bits per heavy atom. The fourth-order valence-electron chi connectivity index (χ4n) is 2.61. The second kappa shape index (κ2) is 5.31. The number of hydrogen-bond donors (Lipinski definition) is 1. The molecule has 1 amide bonds. The first-order valence-corrected chi connectivity index (χ1v) is 7.36. The lowest BCUT2D eigenvalue weighted by Crippen LogP contribution is -2.21. The van der Waals surface area contributed by atoms with E-state index < -0.39 is 0 Å². The summed E-state index contributed by atoms with van der Waals surface area (Å²) in [5.41, 5.74) is 2.53. The van der Waals surface area contributed by atoms with E-state index in [9.17, 15) is 4.79 Å². The van der Waals surface area contributed by atoms with E-state index in [2.05, 4.69) is 10.4 Å². The molecule has 1 N–H and O–H groups in total. The van der Waals surface area contributed by atoms with Gasteiger partial charge in [0.15, 0.2) is 11.5 Å². The Kier molecular flexibility index (Phi) is 3.15. The van der Waals surface area contributed by atoms with Gasteiger partial charge in [0.1, 0.15) is 13.2 Å². The van der Waals surface area contributed by atoms with E-state index in [1.807, 2.05) is 25.1 Å². The van der Waals surface area contributed by atoms with Gasteiger partial charge in [-0.1, -0.05) is 11.6 Å². The molecule has 0 saturated heterocycles. The Balaban J connectivity index is 1.62. The first kappa shape index (κ1) is 13.6. The molecule has 1 aromatic heterocycles. The van der Waals surface area contributed by atoms with E-state index in [1.165, 1.54) is 4.68 Å². The van der Waals surface area contributed by atoms with Crippen molar-refractivity contribution in [2.24, 2.45) is 0 Å². The van der Waals surface area contributed by atoms with Gasteiger partial charge in [0, 0.05) is 17.1 Å². The number of hydrogen-bond acceptors (Lipinski definition) is 4. The molecule has 3 aromatic rings. The minimum atomic E-state index is -0.319. The molecule has 0 bridgehead atoms. The number of ether oxygens (including phenoxy) is 2. The van der Waals surface area contributed by atoms with Crippen molar-refractivity contribution in [3.8, 4) is 11.5 Å². The Labute approximate surface area is 132 Å². The molecular formula is C17H15N3O3. The van der Waals surface area contributed by atoms with Crippen LogP contribution in [0.4, 0.5) is 10.5 Å². The zero-order valence-electron chi connectivity index (χ0n) is 12.6. The van der Waals surface area contributed by atoms with Crippen molar-refractivity contribution in [3.63, 3.8) is 0 Å². The van der Waals surface area contributed by atoms with E-state index >= 15 is 0 Å². The maximum Gasteiger partial charge on any atom is 0.347 e. The number of benzene rings is 2. The van der Waals surface area contributed by atoms with E-state index in [4.69, 9.17) is 9.47 Å². The van der Waals surface area contributed by atoms with Gasteiger partial charge in [-0.15, -0.1) is 0 Å². The Bertz CT molecular complexity index is 901. The third-order valence-corrected chi connectivity index (χ3v) is 3.71.